The summed E-state index contributed by atoms with van der Waals surface area (Å²) in [5.41, 5.74) is -1.29. The van der Waals surface area contributed by atoms with Crippen LogP contribution in [0.4, 0.5) is 0 Å². The lowest BCUT2D eigenvalue weighted by Gasteiger charge is -2.38. The Kier molecular flexibility index (Phi) is 3.09. The average molecular weight is 306 g/mol. The number of ether oxygens (including phenoxy) is 2. The van der Waals surface area contributed by atoms with Crippen LogP contribution in [0.15, 0.2) is 12.1 Å². The summed E-state index contributed by atoms with van der Waals surface area (Å²) < 4.78 is 11.0. The second kappa shape index (κ2) is 4.72. The number of carbonyl (C=O) groups excluding carboxylic acids is 2. The number of carboxylic acid groups (broad SMARTS) is 1. The van der Waals surface area contributed by atoms with E-state index in [9.17, 15) is 19.5 Å². The van der Waals surface area contributed by atoms with Crippen LogP contribution >= 0.6 is 0 Å². The van der Waals surface area contributed by atoms with Crippen molar-refractivity contribution in [3.8, 4) is 11.5 Å². The van der Waals surface area contributed by atoms with Gasteiger partial charge >= 0.3 is 11.9 Å². The van der Waals surface area contributed by atoms with Gasteiger partial charge < -0.3 is 19.7 Å². The Bertz CT molecular complexity index is 693. The molecule has 0 aromatic heterocycles. The highest BCUT2D eigenvalue weighted by Crippen LogP contribution is 2.42. The molecule has 3 rings (SSSR count). The van der Waals surface area contributed by atoms with E-state index in [0.29, 0.717) is 6.42 Å². The Morgan fingerprint density at radius 2 is 2.09 bits per heavy atom. The number of ketones is 1. The first-order chi connectivity index (χ1) is 10.3. The number of fused-ring (bicyclic) bond motifs is 1. The second-order valence-electron chi connectivity index (χ2n) is 5.71. The molecule has 7 nitrogen and oxygen atoms in total. The molecular formula is C15H14O7. The van der Waals surface area contributed by atoms with E-state index < -0.39 is 23.4 Å². The summed E-state index contributed by atoms with van der Waals surface area (Å²) >= 11 is 0. The number of esters is 1. The lowest BCUT2D eigenvalue weighted by Crippen LogP contribution is -2.49. The summed E-state index contributed by atoms with van der Waals surface area (Å²) in [6.45, 7) is 1.64. The fourth-order valence-corrected chi connectivity index (χ4v) is 2.91. The maximum atomic E-state index is 12.3. The van der Waals surface area contributed by atoms with Gasteiger partial charge in [0.2, 0.25) is 0 Å². The van der Waals surface area contributed by atoms with Crippen LogP contribution in [0.3, 0.4) is 0 Å². The summed E-state index contributed by atoms with van der Waals surface area (Å²) in [6.07, 6.45) is 0.0543. The molecule has 2 aliphatic rings. The number of carbonyl (C=O) groups is 3. The molecule has 0 unspecified atom stereocenters. The molecule has 2 aliphatic heterocycles. The molecule has 0 aliphatic carbocycles. The van der Waals surface area contributed by atoms with Gasteiger partial charge in [0.15, 0.2) is 11.4 Å². The lowest BCUT2D eigenvalue weighted by atomic mass is 9.85. The van der Waals surface area contributed by atoms with Crippen LogP contribution in [-0.4, -0.2) is 39.6 Å². The van der Waals surface area contributed by atoms with Crippen molar-refractivity contribution < 1.29 is 34.1 Å². The molecule has 1 saturated heterocycles. The molecule has 0 spiro atoms. The third-order valence-corrected chi connectivity index (χ3v) is 4.03. The summed E-state index contributed by atoms with van der Waals surface area (Å²) in [5.74, 6) is -2.39. The van der Waals surface area contributed by atoms with E-state index in [0.717, 1.165) is 6.07 Å². The first kappa shape index (κ1) is 14.4. The van der Waals surface area contributed by atoms with Gasteiger partial charge in [0, 0.05) is 6.42 Å². The molecule has 0 bridgehead atoms. The number of hydrogen-bond acceptors (Lipinski definition) is 6. The first-order valence-corrected chi connectivity index (χ1v) is 6.82. The minimum Gasteiger partial charge on any atom is -0.507 e. The van der Waals surface area contributed by atoms with E-state index >= 15 is 0 Å². The Balaban J connectivity index is 2.02. The van der Waals surface area contributed by atoms with Gasteiger partial charge in [0.05, 0.1) is 12.0 Å². The fourth-order valence-electron chi connectivity index (χ4n) is 2.91. The molecule has 7 heteroatoms. The normalized spacial score (nSPS) is 27.0. The van der Waals surface area contributed by atoms with Crippen molar-refractivity contribution >= 4 is 17.7 Å². The molecule has 1 aromatic rings. The molecule has 116 valence electrons. The number of aromatic hydroxyl groups is 1. The number of phenols is 1. The van der Waals surface area contributed by atoms with E-state index in [1.54, 1.807) is 6.92 Å². The molecule has 2 N–H and O–H groups in total. The number of benzene rings is 1. The van der Waals surface area contributed by atoms with Crippen LogP contribution in [0.5, 0.6) is 11.5 Å². The maximum absolute atomic E-state index is 12.3. The highest BCUT2D eigenvalue weighted by molar-refractivity contribution is 6.04. The highest BCUT2D eigenvalue weighted by atomic mass is 16.6. The van der Waals surface area contributed by atoms with Crippen molar-refractivity contribution in [3.05, 3.63) is 23.3 Å². The number of hydrogen-bond donors (Lipinski definition) is 2. The van der Waals surface area contributed by atoms with Gasteiger partial charge in [0.25, 0.3) is 0 Å². The number of Topliss-reactive ketones (excluding diaryl/α,β-unsaturated/α-hetero) is 1. The monoisotopic (exact) mass is 306 g/mol. The van der Waals surface area contributed by atoms with E-state index in [1.807, 2.05) is 0 Å². The number of carboxylic acids is 1. The van der Waals surface area contributed by atoms with Crippen LogP contribution in [0.1, 0.15) is 46.9 Å². The Morgan fingerprint density at radius 3 is 2.68 bits per heavy atom. The van der Waals surface area contributed by atoms with E-state index in [2.05, 4.69) is 0 Å². The standard InChI is InChI=1S/C15H14O7/c1-15(11-2-3-12(18)21-11)6-9(17)13-8(16)4-7(14(19)20)5-10(13)22-15/h4-5,11,16H,2-3,6H2,1H3,(H,19,20)/t11-,15-/m0/s1. The van der Waals surface area contributed by atoms with Gasteiger partial charge in [-0.1, -0.05) is 0 Å². The lowest BCUT2D eigenvalue weighted by molar-refractivity contribution is -0.149. The van der Waals surface area contributed by atoms with Crippen LogP contribution in [0, 0.1) is 0 Å². The quantitative estimate of drug-likeness (QED) is 0.797. The Labute approximate surface area is 125 Å². The van der Waals surface area contributed by atoms with Gasteiger partial charge in [-0.25, -0.2) is 4.79 Å². The molecule has 2 heterocycles. The molecule has 2 atom stereocenters. The third-order valence-electron chi connectivity index (χ3n) is 4.03. The zero-order valence-corrected chi connectivity index (χ0v) is 11.8. The SMILES string of the molecule is C[C@@]1([C@@H]2CCC(=O)O2)CC(=O)c2c(O)cc(C(=O)O)cc2O1. The van der Waals surface area contributed by atoms with Crippen molar-refractivity contribution in [2.75, 3.05) is 0 Å². The molecular weight excluding hydrogens is 292 g/mol. The molecule has 0 saturated carbocycles. The largest absolute Gasteiger partial charge is 0.507 e. The Hall–Kier alpha value is -2.57. The van der Waals surface area contributed by atoms with Crippen LogP contribution < -0.4 is 4.74 Å². The van der Waals surface area contributed by atoms with Crippen molar-refractivity contribution in [2.24, 2.45) is 0 Å². The number of rotatable bonds is 2. The van der Waals surface area contributed by atoms with Gasteiger partial charge in [0.1, 0.15) is 23.2 Å². The minimum absolute atomic E-state index is 0.000834. The predicted molar refractivity (Wildman–Crippen MR) is 72.2 cm³/mol. The van der Waals surface area contributed by atoms with Crippen LogP contribution in [0.2, 0.25) is 0 Å². The van der Waals surface area contributed by atoms with Crippen molar-refractivity contribution in [3.63, 3.8) is 0 Å². The van der Waals surface area contributed by atoms with Crippen molar-refractivity contribution in [1.82, 2.24) is 0 Å². The third kappa shape index (κ3) is 2.18. The molecule has 0 amide bonds. The highest BCUT2D eigenvalue weighted by Gasteiger charge is 2.48. The fraction of sp³-hybridized carbons (Fsp3) is 0.400. The molecule has 1 aromatic carbocycles. The van der Waals surface area contributed by atoms with Gasteiger partial charge in [-0.3, -0.25) is 9.59 Å². The van der Waals surface area contributed by atoms with Gasteiger partial charge in [-0.15, -0.1) is 0 Å². The van der Waals surface area contributed by atoms with Gasteiger partial charge in [-0.05, 0) is 25.5 Å². The van der Waals surface area contributed by atoms with Crippen molar-refractivity contribution in [2.45, 2.75) is 37.9 Å². The smallest absolute Gasteiger partial charge is 0.335 e. The van der Waals surface area contributed by atoms with Crippen LogP contribution in [0.25, 0.3) is 0 Å². The summed E-state index contributed by atoms with van der Waals surface area (Å²) in [4.78, 5) is 34.7. The van der Waals surface area contributed by atoms with E-state index in [1.165, 1.54) is 6.07 Å². The topological polar surface area (TPSA) is 110 Å². The maximum Gasteiger partial charge on any atom is 0.335 e. The van der Waals surface area contributed by atoms with E-state index in [-0.39, 0.29) is 41.5 Å². The summed E-state index contributed by atoms with van der Waals surface area (Å²) in [6, 6.07) is 2.21. The van der Waals surface area contributed by atoms with E-state index in [4.69, 9.17) is 14.6 Å². The van der Waals surface area contributed by atoms with Gasteiger partial charge in [-0.2, -0.15) is 0 Å². The average Bonchev–Trinajstić information content (AvgIpc) is 2.84. The Morgan fingerprint density at radius 1 is 1.36 bits per heavy atom. The summed E-state index contributed by atoms with van der Waals surface area (Å²) in [7, 11) is 0. The predicted octanol–water partition coefficient (Wildman–Crippen LogP) is 1.52. The molecule has 22 heavy (non-hydrogen) atoms. The number of cyclic esters (lactones) is 1. The number of phenolic OH excluding ortho intramolecular Hbond substituents is 1. The first-order valence-electron chi connectivity index (χ1n) is 6.82. The number of aromatic carboxylic acids is 1. The summed E-state index contributed by atoms with van der Waals surface area (Å²) in [5, 5.41) is 18.9. The zero-order chi connectivity index (χ0) is 16.1. The minimum atomic E-state index is -1.24. The molecule has 1 fully saturated rings. The van der Waals surface area contributed by atoms with Crippen molar-refractivity contribution in [1.29, 1.82) is 0 Å². The van der Waals surface area contributed by atoms with Crippen LogP contribution in [-0.2, 0) is 9.53 Å². The molecule has 0 radical (unpaired) electrons. The second-order valence-corrected chi connectivity index (χ2v) is 5.71. The zero-order valence-electron chi connectivity index (χ0n) is 11.8.